The molecule has 1 unspecified atom stereocenters. The van der Waals surface area contributed by atoms with Crippen molar-refractivity contribution < 1.29 is 14.1 Å². The number of amides is 2. The number of benzene rings is 1. The summed E-state index contributed by atoms with van der Waals surface area (Å²) in [4.78, 5) is 32.6. The lowest BCUT2D eigenvalue weighted by molar-refractivity contribution is -0.900. The van der Waals surface area contributed by atoms with Gasteiger partial charge in [-0.3, -0.25) is 4.79 Å². The number of nitrogen functional groups attached to an aromatic ring is 1. The lowest BCUT2D eigenvalue weighted by Crippen LogP contribution is -2.71. The highest BCUT2D eigenvalue weighted by Gasteiger charge is 2.76. The Hall–Kier alpha value is -2.77. The van der Waals surface area contributed by atoms with Crippen molar-refractivity contribution in [3.05, 3.63) is 59.3 Å². The first-order valence-corrected chi connectivity index (χ1v) is 14.6. The van der Waals surface area contributed by atoms with Gasteiger partial charge in [0.25, 0.3) is 5.91 Å². The number of carbonyl (C=O) groups is 2. The van der Waals surface area contributed by atoms with Crippen LogP contribution in [0.4, 0.5) is 5.82 Å². The summed E-state index contributed by atoms with van der Waals surface area (Å²) in [7, 11) is 0. The molecule has 3 aliphatic rings. The molecule has 4 atom stereocenters. The van der Waals surface area contributed by atoms with Gasteiger partial charge in [-0.15, -0.1) is 0 Å². The van der Waals surface area contributed by atoms with Crippen molar-refractivity contribution in [3.63, 3.8) is 0 Å². The van der Waals surface area contributed by atoms with Gasteiger partial charge >= 0.3 is 5.91 Å². The number of aromatic nitrogens is 1. The predicted octanol–water partition coefficient (Wildman–Crippen LogP) is 4.02. The zero-order valence-corrected chi connectivity index (χ0v) is 22.8. The molecular weight excluding hydrogens is 474 g/mol. The van der Waals surface area contributed by atoms with Gasteiger partial charge in [-0.25, -0.2) is 14.3 Å². The molecule has 38 heavy (non-hydrogen) atoms. The highest BCUT2D eigenvalue weighted by molar-refractivity contribution is 5.91. The van der Waals surface area contributed by atoms with Gasteiger partial charge in [0.1, 0.15) is 18.4 Å². The molecule has 0 spiro atoms. The van der Waals surface area contributed by atoms with E-state index in [9.17, 15) is 9.59 Å². The van der Waals surface area contributed by atoms with Crippen LogP contribution in [0.3, 0.4) is 0 Å². The molecule has 0 radical (unpaired) electrons. The quantitative estimate of drug-likeness (QED) is 0.411. The number of nitrogens with zero attached hydrogens (tertiary/aromatic N) is 2. The van der Waals surface area contributed by atoms with Crippen LogP contribution in [0, 0.1) is 18.8 Å². The highest BCUT2D eigenvalue weighted by Crippen LogP contribution is 2.59. The highest BCUT2D eigenvalue weighted by atomic mass is 16.2. The Bertz CT molecular complexity index is 1150. The van der Waals surface area contributed by atoms with Crippen molar-refractivity contribution in [3.8, 4) is 0 Å². The number of fused-ring (bicyclic) bond motifs is 1. The van der Waals surface area contributed by atoms with Gasteiger partial charge in [-0.1, -0.05) is 62.4 Å². The first-order chi connectivity index (χ1) is 18.4. The largest absolute Gasteiger partial charge is 0.384 e. The normalized spacial score (nSPS) is 27.9. The predicted molar refractivity (Wildman–Crippen MR) is 150 cm³/mol. The van der Waals surface area contributed by atoms with E-state index in [-0.39, 0.29) is 28.3 Å². The van der Waals surface area contributed by atoms with Crippen LogP contribution in [0.1, 0.15) is 74.6 Å². The average Bonchev–Trinajstić information content (AvgIpc) is 3.68. The van der Waals surface area contributed by atoms with E-state index in [0.29, 0.717) is 31.2 Å². The Morgan fingerprint density at radius 1 is 1.08 bits per heavy atom. The summed E-state index contributed by atoms with van der Waals surface area (Å²) in [5.74, 6) is 0.998. The number of carbonyl (C=O) groups excluding carboxylic acids is 2. The monoisotopic (exact) mass is 518 g/mol. The van der Waals surface area contributed by atoms with Crippen LogP contribution in [0.5, 0.6) is 0 Å². The number of primary amides is 1. The standard InChI is InChI=1S/C31H43N5O2/c1-22-25(14-15-28(32)35-22)21-36(18-8-13-26-20-31(26,36)30(33)38)29(37)27(19-24-11-6-3-7-12-24)34-17-16-23-9-4-2-5-10-23/h2,4-5,9-10,14-15,24,26-27,34H,3,6-8,11-13,16-21H2,1H3,(H3-,32,33,35,38)/p+1/t26-,27-,31+,36?/m1/s1. The van der Waals surface area contributed by atoms with Crippen LogP contribution in [0.15, 0.2) is 42.5 Å². The van der Waals surface area contributed by atoms with Gasteiger partial charge in [-0.05, 0) is 56.2 Å². The van der Waals surface area contributed by atoms with Crippen molar-refractivity contribution in [2.75, 3.05) is 18.8 Å². The molecule has 2 aromatic rings. The van der Waals surface area contributed by atoms with Gasteiger partial charge in [0, 0.05) is 30.1 Å². The summed E-state index contributed by atoms with van der Waals surface area (Å²) in [5.41, 5.74) is 14.4. The van der Waals surface area contributed by atoms with Crippen molar-refractivity contribution in [1.29, 1.82) is 0 Å². The third-order valence-electron chi connectivity index (χ3n) is 9.67. The number of anilines is 1. The summed E-state index contributed by atoms with van der Waals surface area (Å²) in [6.45, 7) is 3.75. The first-order valence-electron chi connectivity index (χ1n) is 14.6. The number of quaternary nitrogens is 1. The molecule has 2 amide bonds. The summed E-state index contributed by atoms with van der Waals surface area (Å²) in [6, 6.07) is 13.9. The first kappa shape index (κ1) is 26.8. The van der Waals surface area contributed by atoms with Crippen LogP contribution < -0.4 is 16.8 Å². The fourth-order valence-corrected chi connectivity index (χ4v) is 7.54. The third-order valence-corrected chi connectivity index (χ3v) is 9.67. The van der Waals surface area contributed by atoms with E-state index in [1.54, 1.807) is 6.07 Å². The minimum absolute atomic E-state index is 0.120. The minimum atomic E-state index is -0.810. The summed E-state index contributed by atoms with van der Waals surface area (Å²) < 4.78 is 0.120. The minimum Gasteiger partial charge on any atom is -0.384 e. The van der Waals surface area contributed by atoms with E-state index < -0.39 is 5.54 Å². The SMILES string of the molecule is Cc1nc(N)ccc1C[N+]1(C(=O)[C@@H](CC2CCCCC2)NCCc2ccccc2)CCC[C@@H]2C[C@@]21C(N)=O. The zero-order valence-electron chi connectivity index (χ0n) is 22.8. The molecule has 1 aromatic heterocycles. The van der Waals surface area contributed by atoms with Crippen molar-refractivity contribution in [1.82, 2.24) is 10.3 Å². The van der Waals surface area contributed by atoms with Crippen molar-refractivity contribution in [2.24, 2.45) is 17.6 Å². The number of nitrogens with two attached hydrogens (primary N) is 2. The summed E-state index contributed by atoms with van der Waals surface area (Å²) >= 11 is 0. The number of piperidine rings is 1. The van der Waals surface area contributed by atoms with Gasteiger partial charge in [0.2, 0.25) is 0 Å². The Morgan fingerprint density at radius 2 is 1.84 bits per heavy atom. The van der Waals surface area contributed by atoms with E-state index in [4.69, 9.17) is 11.5 Å². The maximum absolute atomic E-state index is 14.9. The number of nitrogens with one attached hydrogen (secondary N) is 1. The topological polar surface area (TPSA) is 111 Å². The number of aryl methyl sites for hydroxylation is 1. The van der Waals surface area contributed by atoms with E-state index in [1.807, 2.05) is 19.1 Å². The number of hydrogen-bond acceptors (Lipinski definition) is 5. The number of hydrogen-bond donors (Lipinski definition) is 3. The average molecular weight is 519 g/mol. The maximum atomic E-state index is 14.9. The molecule has 3 fully saturated rings. The Morgan fingerprint density at radius 3 is 2.55 bits per heavy atom. The number of likely N-dealkylation sites (tertiary alicyclic amines) is 1. The Balaban J connectivity index is 1.47. The molecule has 5 rings (SSSR count). The molecule has 1 saturated heterocycles. The molecule has 5 N–H and O–H groups in total. The summed E-state index contributed by atoms with van der Waals surface area (Å²) in [6.07, 6.45) is 10.4. The van der Waals surface area contributed by atoms with Crippen LogP contribution in [0.25, 0.3) is 0 Å². The van der Waals surface area contributed by atoms with Crippen LogP contribution in [-0.2, 0) is 22.6 Å². The van der Waals surface area contributed by atoms with Crippen LogP contribution in [-0.4, -0.2) is 46.0 Å². The molecule has 7 nitrogen and oxygen atoms in total. The fraction of sp³-hybridized carbons (Fsp3) is 0.581. The lowest BCUT2D eigenvalue weighted by Gasteiger charge is -2.47. The lowest BCUT2D eigenvalue weighted by atomic mass is 9.83. The van der Waals surface area contributed by atoms with E-state index in [2.05, 4.69) is 34.6 Å². The number of pyridine rings is 1. The maximum Gasteiger partial charge on any atom is 0.331 e. The van der Waals surface area contributed by atoms with Crippen molar-refractivity contribution in [2.45, 2.75) is 89.3 Å². The molecule has 204 valence electrons. The second-order valence-corrected chi connectivity index (χ2v) is 12.0. The smallest absolute Gasteiger partial charge is 0.331 e. The molecule has 1 aliphatic heterocycles. The van der Waals surface area contributed by atoms with Gasteiger partial charge in [-0.2, -0.15) is 0 Å². The number of rotatable bonds is 10. The Labute approximate surface area is 227 Å². The van der Waals surface area contributed by atoms with Crippen LogP contribution >= 0.6 is 0 Å². The fourth-order valence-electron chi connectivity index (χ4n) is 7.54. The van der Waals surface area contributed by atoms with E-state index in [0.717, 1.165) is 43.5 Å². The summed E-state index contributed by atoms with van der Waals surface area (Å²) in [5, 5.41) is 3.69. The zero-order chi connectivity index (χ0) is 26.8. The van der Waals surface area contributed by atoms with Crippen LogP contribution in [0.2, 0.25) is 0 Å². The molecule has 7 heteroatoms. The third kappa shape index (κ3) is 5.10. The van der Waals surface area contributed by atoms with E-state index >= 15 is 0 Å². The Kier molecular flexibility index (Phi) is 7.87. The molecule has 1 aromatic carbocycles. The van der Waals surface area contributed by atoms with Crippen molar-refractivity contribution >= 4 is 17.6 Å². The van der Waals surface area contributed by atoms with Gasteiger partial charge < -0.3 is 16.8 Å². The second-order valence-electron chi connectivity index (χ2n) is 12.0. The molecule has 2 heterocycles. The van der Waals surface area contributed by atoms with E-state index in [1.165, 1.54) is 37.7 Å². The van der Waals surface area contributed by atoms with Gasteiger partial charge in [0.15, 0.2) is 5.54 Å². The molecule has 0 bridgehead atoms. The van der Waals surface area contributed by atoms with Gasteiger partial charge in [0.05, 0.1) is 6.54 Å². The molecule has 2 saturated carbocycles. The second kappa shape index (κ2) is 11.1. The molecule has 2 aliphatic carbocycles. The molecular formula is C31H44N5O2+.